The fourth-order valence-electron chi connectivity index (χ4n) is 5.13. The molecule has 37 heavy (non-hydrogen) atoms. The van der Waals surface area contributed by atoms with Crippen LogP contribution >= 0.6 is 32.0 Å². The summed E-state index contributed by atoms with van der Waals surface area (Å²) in [5, 5.41) is 20.2. The van der Waals surface area contributed by atoms with Gasteiger partial charge in [-0.1, -0.05) is 57.9 Å². The first kappa shape index (κ1) is 31.2. The van der Waals surface area contributed by atoms with Crippen molar-refractivity contribution in [2.24, 2.45) is 0 Å². The first-order valence-corrected chi connectivity index (χ1v) is 17.3. The second-order valence-electron chi connectivity index (χ2n) is 9.39. The normalized spacial score (nSPS) is 26.6. The van der Waals surface area contributed by atoms with E-state index in [1.165, 1.54) is 31.8 Å². The van der Waals surface area contributed by atoms with Crippen molar-refractivity contribution in [2.45, 2.75) is 93.5 Å². The van der Waals surface area contributed by atoms with E-state index in [2.05, 4.69) is 18.7 Å². The molecule has 209 valence electrons. The SMILES string of the molecule is C=CC(=O)OCCSc1cc2nc(c1)C[N-][C@@H]1CCCC[C@H]1[N-]CC[N-]C1CCCC[C@H]1[N-]C2.[Cl][Mn][Cl]. The number of hydrogen-bond donors (Lipinski definition) is 0. The summed E-state index contributed by atoms with van der Waals surface area (Å²) in [6.45, 7) is 6.64. The summed E-state index contributed by atoms with van der Waals surface area (Å²) in [7, 11) is 9.59. The van der Waals surface area contributed by atoms with Crippen LogP contribution in [0.2, 0.25) is 0 Å². The van der Waals surface area contributed by atoms with Gasteiger partial charge < -0.3 is 26.0 Å². The molecule has 3 aliphatic rings. The van der Waals surface area contributed by atoms with Crippen LogP contribution in [0.3, 0.4) is 0 Å². The number of nitrogens with zero attached hydrogens (tertiary/aromatic N) is 5. The van der Waals surface area contributed by atoms with Crippen molar-refractivity contribution >= 4 is 37.9 Å². The number of pyridine rings is 1. The monoisotopic (exact) mass is 608 g/mol. The van der Waals surface area contributed by atoms with Crippen LogP contribution in [0.4, 0.5) is 0 Å². The van der Waals surface area contributed by atoms with Gasteiger partial charge in [0, 0.05) is 28.1 Å². The van der Waals surface area contributed by atoms with E-state index in [1.54, 1.807) is 11.8 Å². The maximum atomic E-state index is 11.3. The summed E-state index contributed by atoms with van der Waals surface area (Å²) in [4.78, 5) is 17.4. The van der Waals surface area contributed by atoms with Gasteiger partial charge in [0.2, 0.25) is 0 Å². The first-order valence-electron chi connectivity index (χ1n) is 13.1. The van der Waals surface area contributed by atoms with Crippen molar-refractivity contribution in [3.63, 3.8) is 0 Å². The molecule has 2 fully saturated rings. The Bertz CT molecular complexity index is 792. The number of carbonyl (C=O) groups is 1. The number of thioether (sulfide) groups is 1. The predicted molar refractivity (Wildman–Crippen MR) is 150 cm³/mol. The summed E-state index contributed by atoms with van der Waals surface area (Å²) in [5.41, 5.74) is 1.98. The minimum absolute atomic E-state index is 0.00694. The van der Waals surface area contributed by atoms with Crippen molar-refractivity contribution in [1.29, 1.82) is 0 Å². The summed E-state index contributed by atoms with van der Waals surface area (Å²) in [5.74, 6) is 0.302. The Hall–Kier alpha value is -0.351. The second kappa shape index (κ2) is 18.1. The number of rotatable bonds is 5. The Balaban J connectivity index is 0.00000121. The quantitative estimate of drug-likeness (QED) is 0.114. The van der Waals surface area contributed by atoms with E-state index in [0.29, 0.717) is 37.5 Å². The number of fused-ring (bicyclic) bond motifs is 4. The van der Waals surface area contributed by atoms with Crippen molar-refractivity contribution in [3.8, 4) is 0 Å². The van der Waals surface area contributed by atoms with Gasteiger partial charge in [-0.05, 0) is 12.1 Å². The maximum absolute atomic E-state index is 11.3. The Labute approximate surface area is 241 Å². The number of hydrogen-bond acceptors (Lipinski definition) is 4. The molecule has 11 heteroatoms. The van der Waals surface area contributed by atoms with E-state index in [4.69, 9.17) is 51.2 Å². The Morgan fingerprint density at radius 2 is 1.41 bits per heavy atom. The van der Waals surface area contributed by atoms with Gasteiger partial charge in [0.1, 0.15) is 6.61 Å². The standard InChI is InChI=1S/C26H37N5O2S.2ClH.Mn/c1-2-26(32)33-13-14-34-21-15-19-17-29-24-9-5-3-7-22(24)27-11-12-28-23-8-4-6-10-25(23)30-18-20(16-21)31-19;;;/h2,15-16,22-25H,1,3-14,17-18H2;2*1H;/q-4;;;+2/p-2/t22-,23?,24-,25-;;;/m1.../s1. The molecule has 0 aromatic carbocycles. The van der Waals surface area contributed by atoms with E-state index < -0.39 is 0 Å². The first-order chi connectivity index (χ1) is 18.1. The molecule has 0 N–H and O–H groups in total. The van der Waals surface area contributed by atoms with Crippen LogP contribution in [-0.4, -0.2) is 60.6 Å². The summed E-state index contributed by atoms with van der Waals surface area (Å²) < 4.78 is 5.13. The molecular weight excluding hydrogens is 572 g/mol. The molecule has 1 aromatic rings. The minimum atomic E-state index is -0.383. The van der Waals surface area contributed by atoms with Crippen LogP contribution < -0.4 is 0 Å². The number of carbonyl (C=O) groups excluding carboxylic acids is 1. The van der Waals surface area contributed by atoms with Crippen molar-refractivity contribution in [3.05, 3.63) is 57.4 Å². The van der Waals surface area contributed by atoms with Gasteiger partial charge in [-0.25, -0.2) is 4.79 Å². The fraction of sp³-hybridized carbons (Fsp3) is 0.692. The van der Waals surface area contributed by atoms with Gasteiger partial charge in [-0.15, -0.1) is 24.9 Å². The zero-order chi connectivity index (χ0) is 26.3. The molecule has 0 radical (unpaired) electrons. The summed E-state index contributed by atoms with van der Waals surface area (Å²) in [6.07, 6.45) is 10.6. The summed E-state index contributed by atoms with van der Waals surface area (Å²) in [6, 6.07) is 5.45. The van der Waals surface area contributed by atoms with E-state index >= 15 is 0 Å². The van der Waals surface area contributed by atoms with Crippen LogP contribution in [0.25, 0.3) is 21.3 Å². The van der Waals surface area contributed by atoms with E-state index in [0.717, 1.165) is 55.1 Å². The Morgan fingerprint density at radius 3 is 1.86 bits per heavy atom. The number of ether oxygens (including phenoxy) is 1. The zero-order valence-corrected chi connectivity index (χ0v) is 24.8. The molecule has 0 saturated heterocycles. The number of esters is 1. The number of halogens is 2. The van der Waals surface area contributed by atoms with Gasteiger partial charge >= 0.3 is 39.3 Å². The van der Waals surface area contributed by atoms with Crippen molar-refractivity contribution < 1.29 is 22.7 Å². The molecule has 2 saturated carbocycles. The molecule has 4 rings (SSSR count). The molecule has 2 bridgehead atoms. The van der Waals surface area contributed by atoms with Gasteiger partial charge in [0.15, 0.2) is 0 Å². The molecular formula is C26H37Cl2MnN5O2S-4. The molecule has 2 heterocycles. The van der Waals surface area contributed by atoms with Crippen LogP contribution in [0.5, 0.6) is 0 Å². The molecule has 0 amide bonds. The summed E-state index contributed by atoms with van der Waals surface area (Å²) >= 11 is 1.68. The van der Waals surface area contributed by atoms with Crippen molar-refractivity contribution in [2.75, 3.05) is 25.4 Å². The number of aromatic nitrogens is 1. The zero-order valence-electron chi connectivity index (χ0n) is 21.2. The molecule has 1 aromatic heterocycles. The Kier molecular flexibility index (Phi) is 15.2. The molecule has 1 unspecified atom stereocenters. The van der Waals surface area contributed by atoms with Crippen LogP contribution in [0, 0.1) is 0 Å². The molecule has 2 aliphatic carbocycles. The molecule has 1 aliphatic heterocycles. The van der Waals surface area contributed by atoms with Crippen LogP contribution in [0.15, 0.2) is 29.7 Å². The average molecular weight is 610 g/mol. The van der Waals surface area contributed by atoms with E-state index in [1.807, 2.05) is 0 Å². The second-order valence-corrected chi connectivity index (χ2v) is 12.5. The van der Waals surface area contributed by atoms with E-state index in [9.17, 15) is 4.79 Å². The van der Waals surface area contributed by atoms with Crippen LogP contribution in [0.1, 0.15) is 62.8 Å². The van der Waals surface area contributed by atoms with Crippen molar-refractivity contribution in [1.82, 2.24) is 4.98 Å². The third kappa shape index (κ3) is 11.3. The topological polar surface area (TPSA) is 95.6 Å². The third-order valence-corrected chi connectivity index (χ3v) is 7.80. The van der Waals surface area contributed by atoms with Gasteiger partial charge in [-0.3, -0.25) is 4.98 Å². The predicted octanol–water partition coefficient (Wildman–Crippen LogP) is 7.41. The average Bonchev–Trinajstić information content (AvgIpc) is 2.92. The third-order valence-electron chi connectivity index (χ3n) is 6.86. The Morgan fingerprint density at radius 1 is 0.946 bits per heavy atom. The molecule has 7 nitrogen and oxygen atoms in total. The van der Waals surface area contributed by atoms with E-state index in [-0.39, 0.29) is 31.2 Å². The van der Waals surface area contributed by atoms with Gasteiger partial charge in [0.05, 0.1) is 0 Å². The van der Waals surface area contributed by atoms with Crippen LogP contribution in [-0.2, 0) is 35.8 Å². The van der Waals surface area contributed by atoms with Gasteiger partial charge in [0.25, 0.3) is 0 Å². The van der Waals surface area contributed by atoms with Gasteiger partial charge in [-0.2, -0.15) is 37.3 Å². The molecule has 0 spiro atoms. The molecule has 4 atom stereocenters. The fourth-order valence-corrected chi connectivity index (χ4v) is 5.97.